The Morgan fingerprint density at radius 2 is 1.79 bits per heavy atom. The number of aromatic hydroxyl groups is 2. The van der Waals surface area contributed by atoms with Crippen LogP contribution < -0.4 is 4.74 Å². The number of benzene rings is 2. The van der Waals surface area contributed by atoms with E-state index in [1.165, 1.54) is 24.3 Å². The minimum absolute atomic E-state index is 0.00366. The molecule has 0 bridgehead atoms. The molecule has 2 N–H and O–H groups in total. The highest BCUT2D eigenvalue weighted by Crippen LogP contribution is 2.34. The van der Waals surface area contributed by atoms with E-state index in [9.17, 15) is 20.3 Å². The van der Waals surface area contributed by atoms with Gasteiger partial charge < -0.3 is 14.9 Å². The summed E-state index contributed by atoms with van der Waals surface area (Å²) in [7, 11) is 0. The molecule has 0 aliphatic heterocycles. The lowest BCUT2D eigenvalue weighted by Crippen LogP contribution is -1.96. The van der Waals surface area contributed by atoms with Gasteiger partial charge in [0.2, 0.25) is 5.75 Å². The summed E-state index contributed by atoms with van der Waals surface area (Å²) in [5, 5.41) is 29.3. The summed E-state index contributed by atoms with van der Waals surface area (Å²) in [6.45, 7) is 0.134. The van der Waals surface area contributed by atoms with Crippen LogP contribution in [-0.2, 0) is 6.61 Å². The molecular formula is C13H11NO5. The summed E-state index contributed by atoms with van der Waals surface area (Å²) in [5.41, 5.74) is 0.720. The molecule has 19 heavy (non-hydrogen) atoms. The maximum Gasteiger partial charge on any atom is 0.269 e. The predicted molar refractivity (Wildman–Crippen MR) is 67.2 cm³/mol. The van der Waals surface area contributed by atoms with Gasteiger partial charge in [0.25, 0.3) is 5.69 Å². The van der Waals surface area contributed by atoms with Gasteiger partial charge in [0.15, 0.2) is 11.5 Å². The summed E-state index contributed by atoms with van der Waals surface area (Å²) in [6.07, 6.45) is 0. The zero-order chi connectivity index (χ0) is 13.8. The minimum Gasteiger partial charge on any atom is -0.504 e. The zero-order valence-corrected chi connectivity index (χ0v) is 9.81. The van der Waals surface area contributed by atoms with E-state index in [-0.39, 0.29) is 29.5 Å². The molecule has 0 saturated heterocycles. The van der Waals surface area contributed by atoms with Crippen molar-refractivity contribution in [2.45, 2.75) is 6.61 Å². The molecule has 6 nitrogen and oxygen atoms in total. The molecule has 0 radical (unpaired) electrons. The average molecular weight is 261 g/mol. The van der Waals surface area contributed by atoms with E-state index in [4.69, 9.17) is 4.74 Å². The van der Waals surface area contributed by atoms with Crippen molar-refractivity contribution >= 4 is 5.69 Å². The van der Waals surface area contributed by atoms with Gasteiger partial charge in [-0.25, -0.2) is 0 Å². The average Bonchev–Trinajstić information content (AvgIpc) is 2.41. The number of nitrogens with zero attached hydrogens (tertiary/aromatic N) is 1. The summed E-state index contributed by atoms with van der Waals surface area (Å²) < 4.78 is 5.32. The molecule has 6 heteroatoms. The molecule has 0 aliphatic carbocycles. The Bertz CT molecular complexity index is 594. The van der Waals surface area contributed by atoms with Crippen molar-refractivity contribution in [1.29, 1.82) is 0 Å². The molecule has 0 heterocycles. The highest BCUT2D eigenvalue weighted by molar-refractivity contribution is 5.49. The van der Waals surface area contributed by atoms with Crippen molar-refractivity contribution in [1.82, 2.24) is 0 Å². The Morgan fingerprint density at radius 3 is 2.42 bits per heavy atom. The monoisotopic (exact) mass is 261 g/mol. The fraction of sp³-hybridized carbons (Fsp3) is 0.0769. The number of phenols is 2. The van der Waals surface area contributed by atoms with Crippen molar-refractivity contribution in [3.05, 3.63) is 58.1 Å². The van der Waals surface area contributed by atoms with Crippen LogP contribution in [0.2, 0.25) is 0 Å². The molecule has 2 aromatic rings. The van der Waals surface area contributed by atoms with E-state index in [0.717, 1.165) is 0 Å². The topological polar surface area (TPSA) is 92.8 Å². The fourth-order valence-corrected chi connectivity index (χ4v) is 1.50. The Hall–Kier alpha value is -2.76. The van der Waals surface area contributed by atoms with Gasteiger partial charge in [0.05, 0.1) is 4.92 Å². The van der Waals surface area contributed by atoms with E-state index < -0.39 is 4.92 Å². The largest absolute Gasteiger partial charge is 0.504 e. The lowest BCUT2D eigenvalue weighted by molar-refractivity contribution is -0.384. The molecule has 0 unspecified atom stereocenters. The molecule has 0 aromatic heterocycles. The summed E-state index contributed by atoms with van der Waals surface area (Å²) >= 11 is 0. The van der Waals surface area contributed by atoms with Crippen molar-refractivity contribution in [3.8, 4) is 17.2 Å². The number of phenolic OH excluding ortho intramolecular Hbond substituents is 2. The summed E-state index contributed by atoms with van der Waals surface area (Å²) in [6, 6.07) is 10.3. The number of hydrogen-bond acceptors (Lipinski definition) is 5. The molecule has 0 aliphatic rings. The summed E-state index contributed by atoms with van der Waals surface area (Å²) in [4.78, 5) is 10.0. The van der Waals surface area contributed by atoms with Crippen LogP contribution in [0.25, 0.3) is 0 Å². The molecule has 0 fully saturated rings. The van der Waals surface area contributed by atoms with Crippen LogP contribution in [0, 0.1) is 10.1 Å². The number of hydrogen-bond donors (Lipinski definition) is 2. The first-order chi connectivity index (χ1) is 9.08. The second-order valence-electron chi connectivity index (χ2n) is 3.84. The van der Waals surface area contributed by atoms with E-state index in [0.29, 0.717) is 5.56 Å². The van der Waals surface area contributed by atoms with Gasteiger partial charge in [-0.3, -0.25) is 10.1 Å². The maximum atomic E-state index is 10.5. The second-order valence-corrected chi connectivity index (χ2v) is 3.84. The lowest BCUT2D eigenvalue weighted by Gasteiger charge is -2.08. The van der Waals surface area contributed by atoms with Crippen LogP contribution in [0.15, 0.2) is 42.5 Å². The van der Waals surface area contributed by atoms with Crippen LogP contribution >= 0.6 is 0 Å². The van der Waals surface area contributed by atoms with Gasteiger partial charge in [-0.05, 0) is 29.8 Å². The predicted octanol–water partition coefficient (Wildman–Crippen LogP) is 2.59. The molecule has 2 rings (SSSR count). The van der Waals surface area contributed by atoms with Crippen molar-refractivity contribution < 1.29 is 19.9 Å². The van der Waals surface area contributed by atoms with E-state index >= 15 is 0 Å². The lowest BCUT2D eigenvalue weighted by atomic mass is 10.2. The van der Waals surface area contributed by atoms with Gasteiger partial charge in [0, 0.05) is 12.1 Å². The van der Waals surface area contributed by atoms with Crippen molar-refractivity contribution in [2.75, 3.05) is 0 Å². The van der Waals surface area contributed by atoms with E-state index in [2.05, 4.69) is 0 Å². The molecular weight excluding hydrogens is 250 g/mol. The third-order valence-electron chi connectivity index (χ3n) is 2.52. The van der Waals surface area contributed by atoms with Gasteiger partial charge >= 0.3 is 0 Å². The van der Waals surface area contributed by atoms with Crippen LogP contribution in [0.1, 0.15) is 5.56 Å². The fourth-order valence-electron chi connectivity index (χ4n) is 1.50. The minimum atomic E-state index is -0.480. The van der Waals surface area contributed by atoms with Gasteiger partial charge in [-0.1, -0.05) is 6.07 Å². The highest BCUT2D eigenvalue weighted by Gasteiger charge is 2.08. The quantitative estimate of drug-likeness (QED) is 0.501. The molecule has 0 saturated carbocycles. The number of nitro benzene ring substituents is 1. The first-order valence-corrected chi connectivity index (χ1v) is 5.45. The molecule has 0 spiro atoms. The van der Waals surface area contributed by atoms with Gasteiger partial charge in [-0.15, -0.1) is 0 Å². The Balaban J connectivity index is 2.06. The van der Waals surface area contributed by atoms with Gasteiger partial charge in [-0.2, -0.15) is 0 Å². The smallest absolute Gasteiger partial charge is 0.269 e. The molecule has 0 atom stereocenters. The Kier molecular flexibility index (Phi) is 3.51. The third-order valence-corrected chi connectivity index (χ3v) is 2.52. The third kappa shape index (κ3) is 2.92. The Morgan fingerprint density at radius 1 is 1.11 bits per heavy atom. The molecule has 98 valence electrons. The zero-order valence-electron chi connectivity index (χ0n) is 9.81. The van der Waals surface area contributed by atoms with Crippen LogP contribution in [0.4, 0.5) is 5.69 Å². The van der Waals surface area contributed by atoms with Crippen molar-refractivity contribution in [2.24, 2.45) is 0 Å². The summed E-state index contributed by atoms with van der Waals surface area (Å²) in [5.74, 6) is -0.441. The first kappa shape index (κ1) is 12.7. The molecule has 2 aromatic carbocycles. The maximum absolute atomic E-state index is 10.5. The van der Waals surface area contributed by atoms with E-state index in [1.54, 1.807) is 18.2 Å². The number of nitro groups is 1. The van der Waals surface area contributed by atoms with Crippen LogP contribution in [0.3, 0.4) is 0 Å². The second kappa shape index (κ2) is 5.26. The van der Waals surface area contributed by atoms with Crippen LogP contribution in [0.5, 0.6) is 17.2 Å². The number of para-hydroxylation sites is 1. The molecule has 0 amide bonds. The SMILES string of the molecule is O=[N+]([O-])c1ccc(COc2cccc(O)c2O)cc1. The van der Waals surface area contributed by atoms with E-state index in [1.807, 2.05) is 0 Å². The van der Waals surface area contributed by atoms with Gasteiger partial charge in [0.1, 0.15) is 6.61 Å². The number of rotatable bonds is 4. The number of non-ortho nitro benzene ring substituents is 1. The normalized spacial score (nSPS) is 10.1. The standard InChI is InChI=1S/C13H11NO5/c15-11-2-1-3-12(13(11)16)19-8-9-4-6-10(7-5-9)14(17)18/h1-7,15-16H,8H2. The number of ether oxygens (including phenoxy) is 1. The first-order valence-electron chi connectivity index (χ1n) is 5.45. The van der Waals surface area contributed by atoms with Crippen LogP contribution in [-0.4, -0.2) is 15.1 Å². The highest BCUT2D eigenvalue weighted by atomic mass is 16.6. The Labute approximate surface area is 108 Å². The van der Waals surface area contributed by atoms with Crippen molar-refractivity contribution in [3.63, 3.8) is 0 Å².